The summed E-state index contributed by atoms with van der Waals surface area (Å²) in [6, 6.07) is 8.34. The number of nitrogens with one attached hydrogen (secondary N) is 2. The highest BCUT2D eigenvalue weighted by Crippen LogP contribution is 2.17. The molecule has 1 saturated carbocycles. The topological polar surface area (TPSA) is 61.4 Å². The highest BCUT2D eigenvalue weighted by molar-refractivity contribution is 5.75. The minimum absolute atomic E-state index is 0.0186. The Labute approximate surface area is 144 Å². The lowest BCUT2D eigenvalue weighted by Crippen LogP contribution is -2.45. The Bertz CT molecular complexity index is 536. The van der Waals surface area contributed by atoms with Crippen LogP contribution in [0.2, 0.25) is 0 Å². The molecule has 0 aromatic heterocycles. The lowest BCUT2D eigenvalue weighted by atomic mass is 9.96. The lowest BCUT2D eigenvalue weighted by Gasteiger charge is -2.24. The number of aryl methyl sites for hydroxylation is 1. The third kappa shape index (κ3) is 6.22. The normalized spacial score (nSPS) is 14.9. The fourth-order valence-electron chi connectivity index (χ4n) is 3.05. The molecule has 1 aromatic rings. The van der Waals surface area contributed by atoms with Crippen LogP contribution in [-0.2, 0) is 11.3 Å². The summed E-state index contributed by atoms with van der Waals surface area (Å²) in [6.07, 6.45) is 5.80. The molecule has 5 nitrogen and oxygen atoms in total. The van der Waals surface area contributed by atoms with E-state index in [1.165, 1.54) is 24.8 Å². The van der Waals surface area contributed by atoms with Gasteiger partial charge in [0.15, 0.2) is 0 Å². The van der Waals surface area contributed by atoms with Crippen molar-refractivity contribution in [3.05, 3.63) is 35.4 Å². The number of hydrogen-bond acceptors (Lipinski definition) is 2. The van der Waals surface area contributed by atoms with E-state index in [-0.39, 0.29) is 11.9 Å². The highest BCUT2D eigenvalue weighted by atomic mass is 16.2. The van der Waals surface area contributed by atoms with Crippen LogP contribution < -0.4 is 10.6 Å². The van der Waals surface area contributed by atoms with Crippen molar-refractivity contribution in [1.29, 1.82) is 0 Å². The molecule has 1 aromatic carbocycles. The minimum Gasteiger partial charge on any atom is -0.337 e. The zero-order chi connectivity index (χ0) is 17.4. The van der Waals surface area contributed by atoms with Crippen molar-refractivity contribution in [3.63, 3.8) is 0 Å². The zero-order valence-electron chi connectivity index (χ0n) is 14.8. The van der Waals surface area contributed by atoms with Crippen LogP contribution in [0, 0.1) is 6.92 Å². The molecule has 0 heterocycles. The maximum atomic E-state index is 11.9. The average molecular weight is 331 g/mol. The van der Waals surface area contributed by atoms with Crippen molar-refractivity contribution in [2.75, 3.05) is 13.1 Å². The predicted molar refractivity (Wildman–Crippen MR) is 95.7 cm³/mol. The van der Waals surface area contributed by atoms with E-state index in [4.69, 9.17) is 0 Å². The van der Waals surface area contributed by atoms with Gasteiger partial charge in [-0.05, 0) is 25.3 Å². The summed E-state index contributed by atoms with van der Waals surface area (Å²) in [5.74, 6) is 0.0186. The quantitative estimate of drug-likeness (QED) is 0.842. The van der Waals surface area contributed by atoms with E-state index < -0.39 is 0 Å². The van der Waals surface area contributed by atoms with E-state index in [2.05, 4.69) is 10.6 Å². The van der Waals surface area contributed by atoms with E-state index in [0.717, 1.165) is 18.4 Å². The van der Waals surface area contributed by atoms with Gasteiger partial charge in [0.2, 0.25) is 5.91 Å². The van der Waals surface area contributed by atoms with E-state index in [0.29, 0.717) is 25.7 Å². The van der Waals surface area contributed by atoms with Gasteiger partial charge >= 0.3 is 6.03 Å². The molecule has 0 spiro atoms. The molecule has 2 N–H and O–H groups in total. The molecule has 1 aliphatic carbocycles. The summed E-state index contributed by atoms with van der Waals surface area (Å²) in [5.41, 5.74) is 2.30. The van der Waals surface area contributed by atoms with Gasteiger partial charge in [-0.25, -0.2) is 4.79 Å². The number of carbonyl (C=O) groups is 2. The van der Waals surface area contributed by atoms with Crippen LogP contribution in [0.4, 0.5) is 4.79 Å². The number of carbonyl (C=O) groups excluding carboxylic acids is 2. The summed E-state index contributed by atoms with van der Waals surface area (Å²) in [5, 5.41) is 5.89. The van der Waals surface area contributed by atoms with Gasteiger partial charge in [-0.2, -0.15) is 0 Å². The number of hydrogen-bond donors (Lipinski definition) is 2. The maximum absolute atomic E-state index is 11.9. The van der Waals surface area contributed by atoms with Crippen LogP contribution in [0.1, 0.15) is 50.2 Å². The first-order valence-corrected chi connectivity index (χ1v) is 8.90. The van der Waals surface area contributed by atoms with Crippen LogP contribution in [0.5, 0.6) is 0 Å². The van der Waals surface area contributed by atoms with Gasteiger partial charge in [-0.15, -0.1) is 0 Å². The second-order valence-corrected chi connectivity index (χ2v) is 6.66. The molecule has 3 amide bonds. The van der Waals surface area contributed by atoms with Gasteiger partial charge in [-0.3, -0.25) is 4.79 Å². The first kappa shape index (κ1) is 18.3. The Kier molecular flexibility index (Phi) is 7.09. The van der Waals surface area contributed by atoms with E-state index in [1.54, 1.807) is 11.8 Å². The summed E-state index contributed by atoms with van der Waals surface area (Å²) < 4.78 is 0. The number of rotatable bonds is 6. The van der Waals surface area contributed by atoms with Gasteiger partial charge in [0.1, 0.15) is 0 Å². The Morgan fingerprint density at radius 2 is 1.79 bits per heavy atom. The predicted octanol–water partition coefficient (Wildman–Crippen LogP) is 2.98. The fraction of sp³-hybridized carbons (Fsp3) is 0.579. The van der Waals surface area contributed by atoms with E-state index >= 15 is 0 Å². The number of benzene rings is 1. The Morgan fingerprint density at radius 3 is 2.42 bits per heavy atom. The molecule has 0 atom stereocenters. The smallest absolute Gasteiger partial charge is 0.315 e. The van der Waals surface area contributed by atoms with E-state index in [9.17, 15) is 9.59 Å². The molecule has 0 radical (unpaired) electrons. The lowest BCUT2D eigenvalue weighted by molar-refractivity contribution is -0.129. The van der Waals surface area contributed by atoms with Crippen molar-refractivity contribution >= 4 is 11.9 Å². The summed E-state index contributed by atoms with van der Waals surface area (Å²) in [4.78, 5) is 25.5. The summed E-state index contributed by atoms with van der Waals surface area (Å²) >= 11 is 0. The van der Waals surface area contributed by atoms with Gasteiger partial charge in [0, 0.05) is 32.6 Å². The van der Waals surface area contributed by atoms with Crippen LogP contribution in [-0.4, -0.2) is 36.0 Å². The largest absolute Gasteiger partial charge is 0.337 e. The number of nitrogens with zero attached hydrogens (tertiary/aromatic N) is 1. The zero-order valence-corrected chi connectivity index (χ0v) is 14.8. The van der Waals surface area contributed by atoms with Crippen molar-refractivity contribution in [3.8, 4) is 0 Å². The Morgan fingerprint density at radius 1 is 1.12 bits per heavy atom. The van der Waals surface area contributed by atoms with Gasteiger partial charge in [0.05, 0.1) is 0 Å². The highest BCUT2D eigenvalue weighted by Gasteiger charge is 2.15. The number of amides is 3. The molecular formula is C19H29N3O2. The van der Waals surface area contributed by atoms with E-state index in [1.807, 2.05) is 31.2 Å². The molecule has 0 bridgehead atoms. The molecule has 0 unspecified atom stereocenters. The summed E-state index contributed by atoms with van der Waals surface area (Å²) in [7, 11) is 0. The van der Waals surface area contributed by atoms with Crippen molar-refractivity contribution in [2.24, 2.45) is 0 Å². The molecule has 5 heteroatoms. The molecular weight excluding hydrogens is 302 g/mol. The van der Waals surface area contributed by atoms with Crippen LogP contribution in [0.15, 0.2) is 24.3 Å². The SMILES string of the molecule is CC(=O)N(CCNC(=O)NC1CCCCC1)Cc1ccc(C)cc1. The first-order valence-electron chi connectivity index (χ1n) is 8.90. The second kappa shape index (κ2) is 9.30. The third-order valence-electron chi connectivity index (χ3n) is 4.55. The maximum Gasteiger partial charge on any atom is 0.315 e. The molecule has 132 valence electrons. The molecule has 1 fully saturated rings. The molecule has 1 aliphatic rings. The average Bonchev–Trinajstić information content (AvgIpc) is 2.56. The van der Waals surface area contributed by atoms with Crippen molar-refractivity contribution < 1.29 is 9.59 Å². The van der Waals surface area contributed by atoms with Crippen LogP contribution in [0.3, 0.4) is 0 Å². The Balaban J connectivity index is 1.73. The standard InChI is InChI=1S/C19H29N3O2/c1-15-8-10-17(11-9-15)14-22(16(2)23)13-12-20-19(24)21-18-6-4-3-5-7-18/h8-11,18H,3-7,12-14H2,1-2H3,(H2,20,21,24). The molecule has 2 rings (SSSR count). The Hall–Kier alpha value is -2.04. The molecule has 24 heavy (non-hydrogen) atoms. The van der Waals surface area contributed by atoms with Crippen LogP contribution in [0.25, 0.3) is 0 Å². The van der Waals surface area contributed by atoms with Crippen LogP contribution >= 0.6 is 0 Å². The molecule has 0 saturated heterocycles. The third-order valence-corrected chi connectivity index (χ3v) is 4.55. The second-order valence-electron chi connectivity index (χ2n) is 6.66. The summed E-state index contributed by atoms with van der Waals surface area (Å²) in [6.45, 7) is 5.16. The van der Waals surface area contributed by atoms with Crippen molar-refractivity contribution in [2.45, 2.75) is 58.5 Å². The fourth-order valence-corrected chi connectivity index (χ4v) is 3.05. The van der Waals surface area contributed by atoms with Crippen molar-refractivity contribution in [1.82, 2.24) is 15.5 Å². The molecule has 0 aliphatic heterocycles. The first-order chi connectivity index (χ1) is 11.5. The number of urea groups is 1. The minimum atomic E-state index is -0.124. The van der Waals surface area contributed by atoms with Gasteiger partial charge in [-0.1, -0.05) is 49.1 Å². The van der Waals surface area contributed by atoms with Gasteiger partial charge in [0.25, 0.3) is 0 Å². The van der Waals surface area contributed by atoms with Gasteiger partial charge < -0.3 is 15.5 Å². The monoisotopic (exact) mass is 331 g/mol.